The predicted octanol–water partition coefficient (Wildman–Crippen LogP) is 4.30. The van der Waals surface area contributed by atoms with Crippen LogP contribution in [-0.2, 0) is 17.6 Å². The first-order chi connectivity index (χ1) is 14.2. The van der Waals surface area contributed by atoms with E-state index in [-0.39, 0.29) is 11.9 Å². The van der Waals surface area contributed by atoms with E-state index in [0.29, 0.717) is 18.5 Å². The van der Waals surface area contributed by atoms with Crippen LogP contribution in [0.15, 0.2) is 42.5 Å². The van der Waals surface area contributed by atoms with Crippen molar-refractivity contribution in [3.63, 3.8) is 0 Å². The Hall–Kier alpha value is -2.68. The number of carbonyl (C=O) groups is 1. The quantitative estimate of drug-likeness (QED) is 0.643. The molecule has 5 heteroatoms. The van der Waals surface area contributed by atoms with Gasteiger partial charge in [-0.2, -0.15) is 5.26 Å². The Morgan fingerprint density at radius 2 is 2.00 bits per heavy atom. The third kappa shape index (κ3) is 4.19. The van der Waals surface area contributed by atoms with Crippen molar-refractivity contribution in [3.8, 4) is 6.07 Å². The number of quaternary nitrogens is 1. The highest BCUT2D eigenvalue weighted by Crippen LogP contribution is 2.37. The summed E-state index contributed by atoms with van der Waals surface area (Å²) in [5.41, 5.74) is 3.14. The smallest absolute Gasteiger partial charge is 0.230 e. The van der Waals surface area contributed by atoms with Gasteiger partial charge in [0.25, 0.3) is 0 Å². The van der Waals surface area contributed by atoms with E-state index in [0.717, 1.165) is 29.8 Å². The van der Waals surface area contributed by atoms with E-state index in [9.17, 15) is 10.1 Å². The lowest BCUT2D eigenvalue weighted by Gasteiger charge is -2.13. The first kappa shape index (κ1) is 19.6. The summed E-state index contributed by atoms with van der Waals surface area (Å²) in [6.45, 7) is 2.89. The minimum atomic E-state index is -0.0125. The number of carbonyl (C=O) groups excluding carboxylic acids is 1. The fourth-order valence-electron chi connectivity index (χ4n) is 4.20. The molecule has 29 heavy (non-hydrogen) atoms. The van der Waals surface area contributed by atoms with Gasteiger partial charge in [-0.25, -0.2) is 0 Å². The molecule has 3 N–H and O–H groups in total. The van der Waals surface area contributed by atoms with Gasteiger partial charge >= 0.3 is 0 Å². The molecule has 148 valence electrons. The number of benzene rings is 2. The highest BCUT2D eigenvalue weighted by atomic mass is 32.1. The average molecular weight is 405 g/mol. The lowest BCUT2D eigenvalue weighted by atomic mass is 9.96. The number of nitriles is 1. The summed E-state index contributed by atoms with van der Waals surface area (Å²) >= 11 is 1.59. The van der Waals surface area contributed by atoms with Gasteiger partial charge in [0, 0.05) is 10.4 Å². The Kier molecular flexibility index (Phi) is 5.94. The predicted molar refractivity (Wildman–Crippen MR) is 118 cm³/mol. The lowest BCUT2D eigenvalue weighted by Crippen LogP contribution is -2.85. The molecule has 0 aliphatic heterocycles. The van der Waals surface area contributed by atoms with Crippen molar-refractivity contribution in [2.75, 3.05) is 11.9 Å². The maximum Gasteiger partial charge on any atom is 0.230 e. The first-order valence-corrected chi connectivity index (χ1v) is 11.1. The SMILES string of the molecule is C[C@@H]([NH2+]CCC(=O)Nc1sc2c(c1C#N)CCCC2)c1cccc2ccccc12. The van der Waals surface area contributed by atoms with Gasteiger partial charge in [0.15, 0.2) is 0 Å². The number of hydrogen-bond acceptors (Lipinski definition) is 3. The van der Waals surface area contributed by atoms with Crippen LogP contribution in [0.2, 0.25) is 0 Å². The largest absolute Gasteiger partial charge is 0.340 e. The molecular weight excluding hydrogens is 378 g/mol. The summed E-state index contributed by atoms with van der Waals surface area (Å²) in [6.07, 6.45) is 4.73. The highest BCUT2D eigenvalue weighted by Gasteiger charge is 2.22. The number of rotatable bonds is 6. The molecule has 4 rings (SSSR count). The van der Waals surface area contributed by atoms with Crippen molar-refractivity contribution in [1.82, 2.24) is 0 Å². The maximum absolute atomic E-state index is 12.5. The molecule has 0 spiro atoms. The Labute approximate surface area is 175 Å². The van der Waals surface area contributed by atoms with Crippen LogP contribution < -0.4 is 10.6 Å². The van der Waals surface area contributed by atoms with E-state index in [2.05, 4.69) is 66.1 Å². The molecule has 0 fully saturated rings. The van der Waals surface area contributed by atoms with Crippen LogP contribution in [0.1, 0.15) is 53.8 Å². The fourth-order valence-corrected chi connectivity index (χ4v) is 5.46. The van der Waals surface area contributed by atoms with E-state index in [1.54, 1.807) is 11.3 Å². The van der Waals surface area contributed by atoms with Gasteiger partial charge in [-0.05, 0) is 48.9 Å². The number of amides is 1. The molecule has 1 heterocycles. The Morgan fingerprint density at radius 1 is 1.21 bits per heavy atom. The number of nitrogens with one attached hydrogen (secondary N) is 1. The van der Waals surface area contributed by atoms with Crippen LogP contribution in [0.4, 0.5) is 5.00 Å². The van der Waals surface area contributed by atoms with Crippen LogP contribution in [0.5, 0.6) is 0 Å². The van der Waals surface area contributed by atoms with Crippen LogP contribution >= 0.6 is 11.3 Å². The zero-order valence-electron chi connectivity index (χ0n) is 16.7. The number of nitrogens with two attached hydrogens (primary N) is 1. The Bertz CT molecular complexity index is 1070. The number of anilines is 1. The van der Waals surface area contributed by atoms with Gasteiger partial charge in [-0.3, -0.25) is 4.79 Å². The molecule has 2 aromatic carbocycles. The summed E-state index contributed by atoms with van der Waals surface area (Å²) in [4.78, 5) is 13.8. The van der Waals surface area contributed by atoms with Crippen molar-refractivity contribution in [2.45, 2.75) is 45.1 Å². The van der Waals surface area contributed by atoms with E-state index in [1.165, 1.54) is 27.6 Å². The van der Waals surface area contributed by atoms with Crippen molar-refractivity contribution in [3.05, 3.63) is 64.0 Å². The van der Waals surface area contributed by atoms with E-state index >= 15 is 0 Å². The van der Waals surface area contributed by atoms with Crippen LogP contribution in [0, 0.1) is 11.3 Å². The summed E-state index contributed by atoms with van der Waals surface area (Å²) in [6, 6.07) is 17.4. The molecule has 1 amide bonds. The van der Waals surface area contributed by atoms with Crippen LogP contribution in [-0.4, -0.2) is 12.5 Å². The monoisotopic (exact) mass is 404 g/mol. The summed E-state index contributed by atoms with van der Waals surface area (Å²) < 4.78 is 0. The molecule has 0 saturated carbocycles. The molecule has 0 bridgehead atoms. The Balaban J connectivity index is 1.36. The molecule has 4 nitrogen and oxygen atoms in total. The van der Waals surface area contributed by atoms with Gasteiger partial charge in [-0.15, -0.1) is 11.3 Å². The van der Waals surface area contributed by atoms with Gasteiger partial charge in [-0.1, -0.05) is 42.5 Å². The lowest BCUT2D eigenvalue weighted by molar-refractivity contribution is -0.691. The Morgan fingerprint density at radius 3 is 2.86 bits per heavy atom. The second-order valence-electron chi connectivity index (χ2n) is 7.71. The highest BCUT2D eigenvalue weighted by molar-refractivity contribution is 7.16. The van der Waals surface area contributed by atoms with E-state index in [4.69, 9.17) is 0 Å². The summed E-state index contributed by atoms with van der Waals surface area (Å²) in [7, 11) is 0. The molecule has 1 aliphatic rings. The van der Waals surface area contributed by atoms with E-state index < -0.39 is 0 Å². The molecule has 0 saturated heterocycles. The molecule has 0 unspecified atom stereocenters. The number of fused-ring (bicyclic) bond motifs is 2. The number of nitrogens with zero attached hydrogens (tertiary/aromatic N) is 1. The molecule has 1 aromatic heterocycles. The average Bonchev–Trinajstić information content (AvgIpc) is 3.10. The van der Waals surface area contributed by atoms with Crippen LogP contribution in [0.3, 0.4) is 0 Å². The normalized spacial score (nSPS) is 14.2. The van der Waals surface area contributed by atoms with Gasteiger partial charge in [0.05, 0.1) is 18.5 Å². The zero-order chi connectivity index (χ0) is 20.2. The van der Waals surface area contributed by atoms with Crippen molar-refractivity contribution < 1.29 is 10.1 Å². The number of thiophene rings is 1. The molecular formula is C24H26N3OS+. The molecule has 1 aliphatic carbocycles. The topological polar surface area (TPSA) is 69.5 Å². The van der Waals surface area contributed by atoms with Crippen molar-refractivity contribution in [2.24, 2.45) is 0 Å². The maximum atomic E-state index is 12.5. The summed E-state index contributed by atoms with van der Waals surface area (Å²) in [5, 5.41) is 18.0. The van der Waals surface area contributed by atoms with Crippen LogP contribution in [0.25, 0.3) is 10.8 Å². The van der Waals surface area contributed by atoms with Gasteiger partial charge < -0.3 is 10.6 Å². The minimum absolute atomic E-state index is 0.0125. The summed E-state index contributed by atoms with van der Waals surface area (Å²) in [5.74, 6) is -0.0125. The standard InChI is InChI=1S/C24H25N3OS/c1-16(18-11-6-8-17-7-2-3-9-19(17)18)26-14-13-23(28)27-24-21(15-25)20-10-4-5-12-22(20)29-24/h2-3,6-9,11,16,26H,4-5,10,12-14H2,1H3,(H,27,28)/p+1/t16-/m1/s1. The number of aryl methyl sites for hydroxylation is 1. The molecule has 3 aromatic rings. The fraction of sp³-hybridized carbons (Fsp3) is 0.333. The third-order valence-corrected chi connectivity index (χ3v) is 6.95. The first-order valence-electron chi connectivity index (χ1n) is 10.3. The van der Waals surface area contributed by atoms with E-state index in [1.807, 2.05) is 0 Å². The third-order valence-electron chi connectivity index (χ3n) is 5.74. The minimum Gasteiger partial charge on any atom is -0.340 e. The van der Waals surface area contributed by atoms with Crippen molar-refractivity contribution in [1.29, 1.82) is 5.26 Å². The second-order valence-corrected chi connectivity index (χ2v) is 8.81. The van der Waals surface area contributed by atoms with Gasteiger partial charge in [0.2, 0.25) is 5.91 Å². The molecule has 1 atom stereocenters. The molecule has 0 radical (unpaired) electrons. The number of hydrogen-bond donors (Lipinski definition) is 2. The zero-order valence-corrected chi connectivity index (χ0v) is 17.5. The second kappa shape index (κ2) is 8.77. The van der Waals surface area contributed by atoms with Gasteiger partial charge in [0.1, 0.15) is 17.1 Å². The van der Waals surface area contributed by atoms with Crippen molar-refractivity contribution >= 4 is 33.0 Å².